The summed E-state index contributed by atoms with van der Waals surface area (Å²) >= 11 is 1.79. The van der Waals surface area contributed by atoms with Crippen LogP contribution in [0.5, 0.6) is 0 Å². The number of imidazole rings is 1. The van der Waals surface area contributed by atoms with E-state index in [0.29, 0.717) is 5.92 Å². The quantitative estimate of drug-likeness (QED) is 0.933. The third kappa shape index (κ3) is 2.72. The van der Waals surface area contributed by atoms with Crippen LogP contribution in [0.1, 0.15) is 40.2 Å². The van der Waals surface area contributed by atoms with Crippen molar-refractivity contribution >= 4 is 11.3 Å². The number of aryl methyl sites for hydroxylation is 3. The molecule has 0 fully saturated rings. The molecule has 2 aromatic rings. The van der Waals surface area contributed by atoms with Gasteiger partial charge < -0.3 is 9.88 Å². The molecule has 1 N–H and O–H groups in total. The van der Waals surface area contributed by atoms with Gasteiger partial charge in [0.25, 0.3) is 0 Å². The Hall–Kier alpha value is -1.20. The Balaban J connectivity index is 1.58. The van der Waals surface area contributed by atoms with Crippen LogP contribution in [-0.4, -0.2) is 21.1 Å². The maximum absolute atomic E-state index is 4.50. The molecular weight excluding hydrogens is 256 g/mol. The fourth-order valence-corrected chi connectivity index (χ4v) is 3.70. The minimum atomic E-state index is 0.554. The molecule has 0 spiro atoms. The molecule has 19 heavy (non-hydrogen) atoms. The summed E-state index contributed by atoms with van der Waals surface area (Å²) in [6, 6.07) is 0. The SMILES string of the molecule is Cc1nc(C)c(CNC[C@H]2CCCn3ccnc32)s1. The zero-order valence-corrected chi connectivity index (χ0v) is 12.3. The number of nitrogens with one attached hydrogen (secondary N) is 1. The number of aromatic nitrogens is 3. The minimum absolute atomic E-state index is 0.554. The molecule has 0 aromatic carbocycles. The molecule has 0 amide bonds. The number of hydrogen-bond acceptors (Lipinski definition) is 4. The Bertz CT molecular complexity index is 558. The van der Waals surface area contributed by atoms with Gasteiger partial charge >= 0.3 is 0 Å². The fraction of sp³-hybridized carbons (Fsp3) is 0.571. The molecular formula is C14H20N4S. The van der Waals surface area contributed by atoms with Crippen molar-refractivity contribution in [2.75, 3.05) is 6.54 Å². The molecule has 2 aromatic heterocycles. The molecule has 0 radical (unpaired) electrons. The van der Waals surface area contributed by atoms with E-state index >= 15 is 0 Å². The second kappa shape index (κ2) is 5.43. The lowest BCUT2D eigenvalue weighted by molar-refractivity contribution is 0.423. The number of rotatable bonds is 4. The maximum Gasteiger partial charge on any atom is 0.113 e. The summed E-state index contributed by atoms with van der Waals surface area (Å²) in [4.78, 5) is 10.3. The van der Waals surface area contributed by atoms with Crippen LogP contribution in [0.25, 0.3) is 0 Å². The highest BCUT2D eigenvalue weighted by Gasteiger charge is 2.20. The van der Waals surface area contributed by atoms with Crippen LogP contribution in [-0.2, 0) is 13.1 Å². The molecule has 102 valence electrons. The lowest BCUT2D eigenvalue weighted by atomic mass is 9.99. The third-order valence-corrected chi connectivity index (χ3v) is 4.81. The average molecular weight is 276 g/mol. The number of hydrogen-bond donors (Lipinski definition) is 1. The first kappa shape index (κ1) is 12.8. The van der Waals surface area contributed by atoms with Gasteiger partial charge in [-0.25, -0.2) is 9.97 Å². The Morgan fingerprint density at radius 2 is 2.37 bits per heavy atom. The van der Waals surface area contributed by atoms with Crippen molar-refractivity contribution in [2.45, 2.75) is 45.7 Å². The van der Waals surface area contributed by atoms with Gasteiger partial charge in [0, 0.05) is 42.8 Å². The molecule has 0 saturated heterocycles. The smallest absolute Gasteiger partial charge is 0.113 e. The van der Waals surface area contributed by atoms with E-state index < -0.39 is 0 Å². The molecule has 0 bridgehead atoms. The van der Waals surface area contributed by atoms with E-state index in [9.17, 15) is 0 Å². The molecule has 0 aliphatic carbocycles. The van der Waals surface area contributed by atoms with Crippen LogP contribution in [0.4, 0.5) is 0 Å². The maximum atomic E-state index is 4.50. The van der Waals surface area contributed by atoms with E-state index in [-0.39, 0.29) is 0 Å². The van der Waals surface area contributed by atoms with Crippen LogP contribution in [0.15, 0.2) is 12.4 Å². The first-order chi connectivity index (χ1) is 9.24. The van der Waals surface area contributed by atoms with Gasteiger partial charge in [-0.2, -0.15) is 0 Å². The second-order valence-electron chi connectivity index (χ2n) is 5.19. The molecule has 1 aliphatic rings. The Labute approximate surface area is 117 Å². The van der Waals surface area contributed by atoms with Gasteiger partial charge in [-0.15, -0.1) is 11.3 Å². The first-order valence-corrected chi connectivity index (χ1v) is 7.70. The Kier molecular flexibility index (Phi) is 3.66. The van der Waals surface area contributed by atoms with Crippen molar-refractivity contribution < 1.29 is 0 Å². The Morgan fingerprint density at radius 3 is 3.16 bits per heavy atom. The van der Waals surface area contributed by atoms with Crippen molar-refractivity contribution in [3.05, 3.63) is 33.8 Å². The first-order valence-electron chi connectivity index (χ1n) is 6.88. The molecule has 4 nitrogen and oxygen atoms in total. The zero-order valence-electron chi connectivity index (χ0n) is 11.5. The number of thiazole rings is 1. The summed E-state index contributed by atoms with van der Waals surface area (Å²) in [5, 5.41) is 4.73. The standard InChI is InChI=1S/C14H20N4S/c1-10-13(19-11(2)17-10)9-15-8-12-4-3-6-18-7-5-16-14(12)18/h5,7,12,15H,3-4,6,8-9H2,1-2H3/t12-/m1/s1. The van der Waals surface area contributed by atoms with Crippen LogP contribution in [0.3, 0.4) is 0 Å². The predicted molar refractivity (Wildman–Crippen MR) is 77.5 cm³/mol. The van der Waals surface area contributed by atoms with Crippen molar-refractivity contribution in [3.63, 3.8) is 0 Å². The van der Waals surface area contributed by atoms with Gasteiger partial charge in [0.2, 0.25) is 0 Å². The van der Waals surface area contributed by atoms with E-state index in [0.717, 1.165) is 24.6 Å². The monoisotopic (exact) mass is 276 g/mol. The van der Waals surface area contributed by atoms with Gasteiger partial charge in [-0.3, -0.25) is 0 Å². The van der Waals surface area contributed by atoms with E-state index in [4.69, 9.17) is 0 Å². The lowest BCUT2D eigenvalue weighted by Gasteiger charge is -2.23. The predicted octanol–water partition coefficient (Wildman–Crippen LogP) is 2.62. The van der Waals surface area contributed by atoms with E-state index in [1.807, 2.05) is 6.20 Å². The number of fused-ring (bicyclic) bond motifs is 1. The third-order valence-electron chi connectivity index (χ3n) is 3.74. The summed E-state index contributed by atoms with van der Waals surface area (Å²) in [5.41, 5.74) is 1.17. The normalized spacial score (nSPS) is 18.5. The largest absolute Gasteiger partial charge is 0.335 e. The number of nitrogens with zero attached hydrogens (tertiary/aromatic N) is 3. The lowest BCUT2D eigenvalue weighted by Crippen LogP contribution is -2.26. The summed E-state index contributed by atoms with van der Waals surface area (Å²) in [5.74, 6) is 1.80. The second-order valence-corrected chi connectivity index (χ2v) is 6.48. The topological polar surface area (TPSA) is 42.7 Å². The van der Waals surface area contributed by atoms with Gasteiger partial charge in [0.15, 0.2) is 0 Å². The van der Waals surface area contributed by atoms with E-state index in [1.165, 1.54) is 29.2 Å². The summed E-state index contributed by atoms with van der Waals surface area (Å²) in [6.45, 7) is 7.22. The van der Waals surface area contributed by atoms with Gasteiger partial charge in [0.1, 0.15) is 5.82 Å². The molecule has 0 unspecified atom stereocenters. The Morgan fingerprint density at radius 1 is 1.47 bits per heavy atom. The summed E-state index contributed by atoms with van der Waals surface area (Å²) in [7, 11) is 0. The molecule has 3 rings (SSSR count). The van der Waals surface area contributed by atoms with Gasteiger partial charge in [-0.05, 0) is 26.7 Å². The van der Waals surface area contributed by atoms with Crippen molar-refractivity contribution in [2.24, 2.45) is 0 Å². The summed E-state index contributed by atoms with van der Waals surface area (Å²) < 4.78 is 2.29. The van der Waals surface area contributed by atoms with Crippen LogP contribution >= 0.6 is 11.3 Å². The fourth-order valence-electron chi connectivity index (χ4n) is 2.80. The molecule has 1 aliphatic heterocycles. The highest BCUT2D eigenvalue weighted by atomic mass is 32.1. The molecule has 5 heteroatoms. The molecule has 0 saturated carbocycles. The van der Waals surface area contributed by atoms with Crippen LogP contribution in [0, 0.1) is 13.8 Å². The van der Waals surface area contributed by atoms with E-state index in [1.54, 1.807) is 11.3 Å². The van der Waals surface area contributed by atoms with Gasteiger partial charge in [-0.1, -0.05) is 0 Å². The molecule has 1 atom stereocenters. The minimum Gasteiger partial charge on any atom is -0.335 e. The molecule has 3 heterocycles. The highest BCUT2D eigenvalue weighted by molar-refractivity contribution is 7.11. The van der Waals surface area contributed by atoms with Crippen molar-refractivity contribution in [1.82, 2.24) is 19.9 Å². The summed E-state index contributed by atoms with van der Waals surface area (Å²) in [6.07, 6.45) is 6.52. The highest BCUT2D eigenvalue weighted by Crippen LogP contribution is 2.25. The average Bonchev–Trinajstić information content (AvgIpc) is 2.97. The zero-order chi connectivity index (χ0) is 13.2. The van der Waals surface area contributed by atoms with Crippen LogP contribution < -0.4 is 5.32 Å². The van der Waals surface area contributed by atoms with E-state index in [2.05, 4.69) is 39.9 Å². The van der Waals surface area contributed by atoms with Crippen molar-refractivity contribution in [3.8, 4) is 0 Å². The van der Waals surface area contributed by atoms with Gasteiger partial charge in [0.05, 0.1) is 10.7 Å². The van der Waals surface area contributed by atoms with Crippen molar-refractivity contribution in [1.29, 1.82) is 0 Å². The van der Waals surface area contributed by atoms with Crippen LogP contribution in [0.2, 0.25) is 0 Å².